The third-order valence-corrected chi connectivity index (χ3v) is 5.49. The molecule has 0 radical (unpaired) electrons. The molecule has 0 aromatic rings. The zero-order chi connectivity index (χ0) is 20.3. The van der Waals surface area contributed by atoms with Gasteiger partial charge in [-0.2, -0.15) is 0 Å². The summed E-state index contributed by atoms with van der Waals surface area (Å²) in [6.45, 7) is 4.25. The molecule has 4 nitrogen and oxygen atoms in total. The van der Waals surface area contributed by atoms with Gasteiger partial charge >= 0.3 is 0 Å². The molecule has 0 saturated heterocycles. The highest BCUT2D eigenvalue weighted by atomic mass is 16.5. The Morgan fingerprint density at radius 1 is 0.704 bits per heavy atom. The lowest BCUT2D eigenvalue weighted by Crippen LogP contribution is -2.45. The number of hydrogen-bond donors (Lipinski definition) is 1. The maximum absolute atomic E-state index is 12.0. The zero-order valence-corrected chi connectivity index (χ0v) is 18.8. The maximum atomic E-state index is 12.0. The van der Waals surface area contributed by atoms with E-state index < -0.39 is 0 Å². The average molecular weight is 385 g/mol. The summed E-state index contributed by atoms with van der Waals surface area (Å²) in [4.78, 5) is 13.9. The molecule has 0 aliphatic rings. The maximum Gasteiger partial charge on any atom is 0.247 e. The van der Waals surface area contributed by atoms with Gasteiger partial charge in [-0.3, -0.25) is 14.9 Å². The van der Waals surface area contributed by atoms with Gasteiger partial charge < -0.3 is 0 Å². The fourth-order valence-electron chi connectivity index (χ4n) is 3.69. The zero-order valence-electron chi connectivity index (χ0n) is 18.8. The Morgan fingerprint density at radius 3 is 1.41 bits per heavy atom. The van der Waals surface area contributed by atoms with Gasteiger partial charge in [-0.05, 0) is 26.9 Å². The Balaban J connectivity index is 3.39. The van der Waals surface area contributed by atoms with Gasteiger partial charge in [0.25, 0.3) is 0 Å². The molecular weight excluding hydrogens is 336 g/mol. The van der Waals surface area contributed by atoms with Gasteiger partial charge in [-0.1, -0.05) is 104 Å². The van der Waals surface area contributed by atoms with Crippen molar-refractivity contribution in [3.63, 3.8) is 0 Å². The van der Waals surface area contributed by atoms with Crippen LogP contribution >= 0.6 is 0 Å². The fourth-order valence-corrected chi connectivity index (χ4v) is 3.69. The summed E-state index contributed by atoms with van der Waals surface area (Å²) < 4.78 is 0. The Kier molecular flexibility index (Phi) is 18.3. The summed E-state index contributed by atoms with van der Waals surface area (Å²) in [5.41, 5.74) is 0. The van der Waals surface area contributed by atoms with Crippen LogP contribution in [0.5, 0.6) is 0 Å². The van der Waals surface area contributed by atoms with E-state index in [2.05, 4.69) is 6.92 Å². The smallest absolute Gasteiger partial charge is 0.247 e. The summed E-state index contributed by atoms with van der Waals surface area (Å²) in [5.74, 6) is -0.148. The highest BCUT2D eigenvalue weighted by molar-refractivity contribution is 5.75. The second-order valence-corrected chi connectivity index (χ2v) is 8.29. The highest BCUT2D eigenvalue weighted by Gasteiger charge is 2.21. The summed E-state index contributed by atoms with van der Waals surface area (Å²) in [6, 6.07) is 0. The summed E-state index contributed by atoms with van der Waals surface area (Å²) >= 11 is 0. The SMILES string of the molecule is CCCCCCCCCCCCCCCCCC(=O)N(O)C(CC)N(C)C. The molecule has 0 spiro atoms. The largest absolute Gasteiger partial charge is 0.288 e. The molecule has 0 saturated carbocycles. The Bertz CT molecular complexity index is 334. The van der Waals surface area contributed by atoms with Crippen molar-refractivity contribution in [2.24, 2.45) is 0 Å². The number of amides is 1. The summed E-state index contributed by atoms with van der Waals surface area (Å²) in [5, 5.41) is 10.9. The molecule has 1 N–H and O–H groups in total. The summed E-state index contributed by atoms with van der Waals surface area (Å²) in [7, 11) is 3.77. The van der Waals surface area contributed by atoms with E-state index in [1.165, 1.54) is 83.5 Å². The van der Waals surface area contributed by atoms with Crippen LogP contribution in [0.1, 0.15) is 123 Å². The number of nitrogens with zero attached hydrogens (tertiary/aromatic N) is 2. The first-order valence-corrected chi connectivity index (χ1v) is 11.7. The predicted octanol–water partition coefficient (Wildman–Crippen LogP) is 6.76. The second kappa shape index (κ2) is 18.7. The third-order valence-electron chi connectivity index (χ3n) is 5.49. The highest BCUT2D eigenvalue weighted by Crippen LogP contribution is 2.14. The van der Waals surface area contributed by atoms with Crippen LogP contribution in [0.3, 0.4) is 0 Å². The number of carbonyl (C=O) groups excluding carboxylic acids is 1. The number of unbranched alkanes of at least 4 members (excludes halogenated alkanes) is 14. The molecular formula is C23H48N2O2. The van der Waals surface area contributed by atoms with Crippen molar-refractivity contribution < 1.29 is 10.0 Å². The van der Waals surface area contributed by atoms with Crippen molar-refractivity contribution in [2.75, 3.05) is 14.1 Å². The first-order valence-electron chi connectivity index (χ1n) is 11.7. The minimum atomic E-state index is -0.214. The molecule has 1 atom stereocenters. The average Bonchev–Trinajstić information content (AvgIpc) is 2.64. The predicted molar refractivity (Wildman–Crippen MR) is 116 cm³/mol. The number of rotatable bonds is 19. The van der Waals surface area contributed by atoms with Crippen molar-refractivity contribution in [1.82, 2.24) is 9.96 Å². The van der Waals surface area contributed by atoms with Gasteiger partial charge in [0.1, 0.15) is 6.17 Å². The standard InChI is InChI=1S/C23H48N2O2/c1-5-7-8-9-10-11-12-13-14-15-16-17-18-19-20-21-23(26)25(27)22(6-2)24(3)4/h22,27H,5-21H2,1-4H3. The third kappa shape index (κ3) is 15.0. The van der Waals surface area contributed by atoms with Crippen molar-refractivity contribution in [3.8, 4) is 0 Å². The Labute approximate surface area is 169 Å². The molecule has 0 aliphatic carbocycles. The molecule has 1 amide bonds. The van der Waals surface area contributed by atoms with E-state index in [9.17, 15) is 10.0 Å². The van der Waals surface area contributed by atoms with Crippen molar-refractivity contribution >= 4 is 5.91 Å². The van der Waals surface area contributed by atoms with Gasteiger partial charge in [0.2, 0.25) is 5.91 Å². The van der Waals surface area contributed by atoms with Crippen molar-refractivity contribution in [1.29, 1.82) is 0 Å². The normalized spacial score (nSPS) is 12.5. The lowest BCUT2D eigenvalue weighted by atomic mass is 10.0. The molecule has 0 fully saturated rings. The van der Waals surface area contributed by atoms with E-state index in [0.717, 1.165) is 24.3 Å². The second-order valence-electron chi connectivity index (χ2n) is 8.29. The number of carbonyl (C=O) groups is 1. The monoisotopic (exact) mass is 384 g/mol. The molecule has 1 unspecified atom stereocenters. The molecule has 0 bridgehead atoms. The topological polar surface area (TPSA) is 43.8 Å². The first kappa shape index (κ1) is 26.4. The fraction of sp³-hybridized carbons (Fsp3) is 0.957. The van der Waals surface area contributed by atoms with Gasteiger partial charge in [-0.15, -0.1) is 0 Å². The van der Waals surface area contributed by atoms with E-state index >= 15 is 0 Å². The van der Waals surface area contributed by atoms with Gasteiger partial charge in [0, 0.05) is 6.42 Å². The van der Waals surface area contributed by atoms with E-state index in [0.29, 0.717) is 6.42 Å². The van der Waals surface area contributed by atoms with E-state index in [4.69, 9.17) is 0 Å². The molecule has 0 aliphatic heterocycles. The molecule has 27 heavy (non-hydrogen) atoms. The van der Waals surface area contributed by atoms with Crippen molar-refractivity contribution in [3.05, 3.63) is 0 Å². The van der Waals surface area contributed by atoms with Crippen LogP contribution in [0.15, 0.2) is 0 Å². The van der Waals surface area contributed by atoms with Crippen LogP contribution in [0.2, 0.25) is 0 Å². The van der Waals surface area contributed by atoms with Crippen LogP contribution in [-0.2, 0) is 4.79 Å². The lowest BCUT2D eigenvalue weighted by molar-refractivity contribution is -0.190. The first-order chi connectivity index (χ1) is 13.0. The van der Waals surface area contributed by atoms with Gasteiger partial charge in [-0.25, -0.2) is 5.06 Å². The molecule has 4 heteroatoms. The quantitative estimate of drug-likeness (QED) is 0.116. The van der Waals surface area contributed by atoms with Crippen molar-refractivity contribution in [2.45, 2.75) is 129 Å². The minimum absolute atomic E-state index is 0.148. The number of hydrogen-bond acceptors (Lipinski definition) is 3. The molecule has 162 valence electrons. The van der Waals surface area contributed by atoms with E-state index in [-0.39, 0.29) is 12.1 Å². The van der Waals surface area contributed by atoms with Crippen LogP contribution < -0.4 is 0 Å². The van der Waals surface area contributed by atoms with Crippen LogP contribution in [0.25, 0.3) is 0 Å². The van der Waals surface area contributed by atoms with Crippen LogP contribution in [0, 0.1) is 0 Å². The van der Waals surface area contributed by atoms with Gasteiger partial charge in [0.05, 0.1) is 0 Å². The van der Waals surface area contributed by atoms with Crippen LogP contribution in [-0.4, -0.2) is 41.3 Å². The summed E-state index contributed by atoms with van der Waals surface area (Å²) in [6.07, 6.45) is 20.8. The molecule has 0 rings (SSSR count). The van der Waals surface area contributed by atoms with E-state index in [1.807, 2.05) is 25.9 Å². The Hall–Kier alpha value is -0.610. The minimum Gasteiger partial charge on any atom is -0.288 e. The van der Waals surface area contributed by atoms with E-state index in [1.54, 1.807) is 0 Å². The van der Waals surface area contributed by atoms with Gasteiger partial charge in [0.15, 0.2) is 0 Å². The van der Waals surface area contributed by atoms with Crippen LogP contribution in [0.4, 0.5) is 0 Å². The number of hydroxylamine groups is 2. The lowest BCUT2D eigenvalue weighted by Gasteiger charge is -2.30. The Morgan fingerprint density at radius 2 is 1.07 bits per heavy atom. The molecule has 0 aromatic heterocycles. The molecule has 0 aromatic carbocycles. The molecule has 0 heterocycles.